The molecule has 32 heavy (non-hydrogen) atoms. The third-order valence-electron chi connectivity index (χ3n) is 5.29. The highest BCUT2D eigenvalue weighted by Gasteiger charge is 2.34. The molecule has 0 bridgehead atoms. The van der Waals surface area contributed by atoms with Crippen LogP contribution in [0.3, 0.4) is 0 Å². The number of carbonyl (C=O) groups is 2. The van der Waals surface area contributed by atoms with E-state index in [1.165, 1.54) is 15.6 Å². The standard InChI is InChI=1S/C22H29N3O5S2/c1-4-30-18-9-6-5-8-17(18)21(26)23-20(16(2)3)22(27)24-11-13-25(14-12-24)32(28,29)19-10-7-15-31-19/h5-10,15-16,20H,4,11-14H2,1-3H3,(H,23,26)/t20-/m0/s1. The molecule has 1 fully saturated rings. The Morgan fingerprint density at radius 3 is 2.38 bits per heavy atom. The lowest BCUT2D eigenvalue weighted by Crippen LogP contribution is -2.57. The first-order valence-corrected chi connectivity index (χ1v) is 12.9. The molecule has 174 valence electrons. The molecule has 1 aromatic carbocycles. The number of ether oxygens (including phenoxy) is 1. The minimum Gasteiger partial charge on any atom is -0.493 e. The van der Waals surface area contributed by atoms with E-state index in [0.717, 1.165) is 0 Å². The Bertz CT molecular complexity index is 1030. The van der Waals surface area contributed by atoms with Gasteiger partial charge in [0.05, 0.1) is 12.2 Å². The minimum atomic E-state index is -3.54. The maximum absolute atomic E-state index is 13.2. The highest BCUT2D eigenvalue weighted by molar-refractivity contribution is 7.91. The molecule has 1 aliphatic rings. The zero-order valence-electron chi connectivity index (χ0n) is 18.5. The predicted octanol–water partition coefficient (Wildman–Crippen LogP) is 2.43. The van der Waals surface area contributed by atoms with Gasteiger partial charge >= 0.3 is 0 Å². The van der Waals surface area contributed by atoms with E-state index in [1.54, 1.807) is 46.7 Å². The lowest BCUT2D eigenvalue weighted by atomic mass is 10.0. The monoisotopic (exact) mass is 479 g/mol. The van der Waals surface area contributed by atoms with Crippen LogP contribution >= 0.6 is 11.3 Å². The summed E-state index contributed by atoms with van der Waals surface area (Å²) in [5, 5.41) is 4.58. The molecule has 1 aromatic heterocycles. The lowest BCUT2D eigenvalue weighted by molar-refractivity contribution is -0.135. The highest BCUT2D eigenvalue weighted by Crippen LogP contribution is 2.23. The van der Waals surface area contributed by atoms with E-state index in [-0.39, 0.29) is 43.9 Å². The van der Waals surface area contributed by atoms with Crippen molar-refractivity contribution in [3.63, 3.8) is 0 Å². The molecule has 0 spiro atoms. The molecule has 0 radical (unpaired) electrons. The number of sulfonamides is 1. The van der Waals surface area contributed by atoms with Gasteiger partial charge in [-0.2, -0.15) is 4.31 Å². The normalized spacial score (nSPS) is 16.1. The molecule has 1 saturated heterocycles. The van der Waals surface area contributed by atoms with Crippen molar-refractivity contribution >= 4 is 33.2 Å². The fourth-order valence-electron chi connectivity index (χ4n) is 3.55. The van der Waals surface area contributed by atoms with Gasteiger partial charge < -0.3 is 15.0 Å². The average molecular weight is 480 g/mol. The molecule has 3 rings (SSSR count). The number of nitrogens with zero attached hydrogens (tertiary/aromatic N) is 2. The van der Waals surface area contributed by atoms with Crippen LogP contribution in [-0.4, -0.2) is 68.3 Å². The van der Waals surface area contributed by atoms with Crippen LogP contribution in [0, 0.1) is 5.92 Å². The summed E-state index contributed by atoms with van der Waals surface area (Å²) in [4.78, 5) is 27.8. The third kappa shape index (κ3) is 5.31. The summed E-state index contributed by atoms with van der Waals surface area (Å²) < 4.78 is 32.7. The van der Waals surface area contributed by atoms with Crippen molar-refractivity contribution in [3.05, 3.63) is 47.3 Å². The molecular weight excluding hydrogens is 450 g/mol. The summed E-state index contributed by atoms with van der Waals surface area (Å²) >= 11 is 1.18. The molecule has 1 atom stereocenters. The van der Waals surface area contributed by atoms with E-state index in [1.807, 2.05) is 20.8 Å². The number of hydrogen-bond acceptors (Lipinski definition) is 6. The summed E-state index contributed by atoms with van der Waals surface area (Å²) in [6.07, 6.45) is 0. The smallest absolute Gasteiger partial charge is 0.255 e. The molecule has 1 aliphatic heterocycles. The molecule has 10 heteroatoms. The van der Waals surface area contributed by atoms with Gasteiger partial charge in [-0.15, -0.1) is 11.3 Å². The van der Waals surface area contributed by atoms with Gasteiger partial charge in [0.15, 0.2) is 0 Å². The van der Waals surface area contributed by atoms with Crippen LogP contribution in [0.5, 0.6) is 5.75 Å². The summed E-state index contributed by atoms with van der Waals surface area (Å²) in [5.74, 6) is -0.260. The first-order chi connectivity index (χ1) is 15.3. The van der Waals surface area contributed by atoms with Crippen LogP contribution in [0.2, 0.25) is 0 Å². The highest BCUT2D eigenvalue weighted by atomic mass is 32.2. The Morgan fingerprint density at radius 2 is 1.78 bits per heavy atom. The lowest BCUT2D eigenvalue weighted by Gasteiger charge is -2.36. The van der Waals surface area contributed by atoms with Crippen LogP contribution in [0.4, 0.5) is 0 Å². The first kappa shape index (κ1) is 24.2. The molecule has 1 N–H and O–H groups in total. The van der Waals surface area contributed by atoms with Crippen molar-refractivity contribution in [1.82, 2.24) is 14.5 Å². The van der Waals surface area contributed by atoms with Gasteiger partial charge in [-0.25, -0.2) is 8.42 Å². The van der Waals surface area contributed by atoms with Crippen molar-refractivity contribution in [1.29, 1.82) is 0 Å². The van der Waals surface area contributed by atoms with Crippen molar-refractivity contribution in [3.8, 4) is 5.75 Å². The Morgan fingerprint density at radius 1 is 1.09 bits per heavy atom. The Hall–Kier alpha value is -2.43. The summed E-state index contributed by atoms with van der Waals surface area (Å²) in [7, 11) is -3.54. The van der Waals surface area contributed by atoms with E-state index >= 15 is 0 Å². The number of para-hydroxylation sites is 1. The number of benzene rings is 1. The van der Waals surface area contributed by atoms with Crippen molar-refractivity contribution in [2.24, 2.45) is 5.92 Å². The minimum absolute atomic E-state index is 0.140. The molecule has 0 aliphatic carbocycles. The number of carbonyl (C=O) groups excluding carboxylic acids is 2. The summed E-state index contributed by atoms with van der Waals surface area (Å²) in [6, 6.07) is 9.48. The van der Waals surface area contributed by atoms with E-state index in [4.69, 9.17) is 4.74 Å². The molecule has 2 aromatic rings. The number of amides is 2. The van der Waals surface area contributed by atoms with Crippen LogP contribution in [0.1, 0.15) is 31.1 Å². The molecule has 0 saturated carbocycles. The van der Waals surface area contributed by atoms with Gasteiger partial charge in [-0.1, -0.05) is 32.0 Å². The fraction of sp³-hybridized carbons (Fsp3) is 0.455. The van der Waals surface area contributed by atoms with Crippen molar-refractivity contribution in [2.75, 3.05) is 32.8 Å². The third-order valence-corrected chi connectivity index (χ3v) is 8.56. The fourth-order valence-corrected chi connectivity index (χ4v) is 6.12. The van der Waals surface area contributed by atoms with Crippen LogP contribution in [0.25, 0.3) is 0 Å². The molecular formula is C22H29N3O5S2. The SMILES string of the molecule is CCOc1ccccc1C(=O)N[C@H](C(=O)N1CCN(S(=O)(=O)c2cccs2)CC1)C(C)C. The van der Waals surface area contributed by atoms with Gasteiger partial charge in [0.25, 0.3) is 15.9 Å². The van der Waals surface area contributed by atoms with E-state index in [9.17, 15) is 18.0 Å². The largest absolute Gasteiger partial charge is 0.493 e. The van der Waals surface area contributed by atoms with Crippen LogP contribution in [-0.2, 0) is 14.8 Å². The number of rotatable bonds is 8. The predicted molar refractivity (Wildman–Crippen MR) is 123 cm³/mol. The van der Waals surface area contributed by atoms with Gasteiger partial charge in [0.2, 0.25) is 5.91 Å². The maximum Gasteiger partial charge on any atom is 0.255 e. The molecule has 8 nitrogen and oxygen atoms in total. The Balaban J connectivity index is 1.67. The van der Waals surface area contributed by atoms with Gasteiger partial charge in [0.1, 0.15) is 16.0 Å². The topological polar surface area (TPSA) is 96.0 Å². The van der Waals surface area contributed by atoms with E-state index in [0.29, 0.717) is 22.1 Å². The van der Waals surface area contributed by atoms with Crippen molar-refractivity contribution in [2.45, 2.75) is 31.0 Å². The average Bonchev–Trinajstić information content (AvgIpc) is 3.33. The quantitative estimate of drug-likeness (QED) is 0.627. The zero-order chi connectivity index (χ0) is 23.3. The second-order valence-corrected chi connectivity index (χ2v) is 10.9. The first-order valence-electron chi connectivity index (χ1n) is 10.6. The van der Waals surface area contributed by atoms with E-state index < -0.39 is 16.1 Å². The van der Waals surface area contributed by atoms with Gasteiger partial charge in [-0.05, 0) is 36.4 Å². The van der Waals surface area contributed by atoms with Crippen LogP contribution < -0.4 is 10.1 Å². The maximum atomic E-state index is 13.2. The second kappa shape index (κ2) is 10.5. The molecule has 2 heterocycles. The summed E-state index contributed by atoms with van der Waals surface area (Å²) in [6.45, 7) is 7.00. The number of piperazine rings is 1. The van der Waals surface area contributed by atoms with Crippen molar-refractivity contribution < 1.29 is 22.7 Å². The molecule has 0 unspecified atom stereocenters. The Labute approximate surface area is 193 Å². The molecule has 2 amide bonds. The Kier molecular flexibility index (Phi) is 7.91. The number of thiophene rings is 1. The van der Waals surface area contributed by atoms with E-state index in [2.05, 4.69) is 5.32 Å². The second-order valence-electron chi connectivity index (χ2n) is 7.79. The zero-order valence-corrected chi connectivity index (χ0v) is 20.1. The number of hydrogen-bond donors (Lipinski definition) is 1. The van der Waals surface area contributed by atoms with Gasteiger partial charge in [-0.3, -0.25) is 9.59 Å². The van der Waals surface area contributed by atoms with Crippen LogP contribution in [0.15, 0.2) is 46.0 Å². The number of nitrogens with one attached hydrogen (secondary N) is 1. The summed E-state index contributed by atoms with van der Waals surface area (Å²) in [5.41, 5.74) is 0.375. The van der Waals surface area contributed by atoms with Gasteiger partial charge in [0, 0.05) is 26.2 Å².